The molecule has 4 heteroatoms. The van der Waals surface area contributed by atoms with Crippen LogP contribution in [0.5, 0.6) is 0 Å². The number of hydrogen-bond donors (Lipinski definition) is 2. The van der Waals surface area contributed by atoms with Gasteiger partial charge in [-0.05, 0) is 18.9 Å². The van der Waals surface area contributed by atoms with Crippen molar-refractivity contribution in [2.24, 2.45) is 5.92 Å². The summed E-state index contributed by atoms with van der Waals surface area (Å²) >= 11 is 0. The summed E-state index contributed by atoms with van der Waals surface area (Å²) in [6.07, 6.45) is 3.14. The summed E-state index contributed by atoms with van der Waals surface area (Å²) in [5, 5.41) is 17.4. The molecule has 1 aliphatic rings. The Bertz CT molecular complexity index is 312. The predicted octanol–water partition coefficient (Wildman–Crippen LogP) is 1.05. The van der Waals surface area contributed by atoms with E-state index in [-0.39, 0.29) is 12.0 Å². The lowest BCUT2D eigenvalue weighted by Crippen LogP contribution is -2.18. The van der Waals surface area contributed by atoms with Crippen molar-refractivity contribution in [3.05, 3.63) is 23.3 Å². The molecule has 0 heterocycles. The Balaban J connectivity index is 2.90. The first-order valence-corrected chi connectivity index (χ1v) is 3.86. The molecule has 70 valence electrons. The molecule has 0 aliphatic heterocycles. The molecule has 1 rings (SSSR count). The molecule has 0 radical (unpaired) electrons. The van der Waals surface area contributed by atoms with E-state index in [0.29, 0.717) is 5.57 Å². The fourth-order valence-electron chi connectivity index (χ4n) is 1.24. The highest BCUT2D eigenvalue weighted by Crippen LogP contribution is 2.23. The van der Waals surface area contributed by atoms with Crippen LogP contribution in [0.4, 0.5) is 0 Å². The van der Waals surface area contributed by atoms with Crippen molar-refractivity contribution in [1.82, 2.24) is 0 Å². The molecule has 0 bridgehead atoms. The van der Waals surface area contributed by atoms with Gasteiger partial charge in [0.2, 0.25) is 0 Å². The van der Waals surface area contributed by atoms with Crippen LogP contribution in [0.2, 0.25) is 0 Å². The molecule has 0 aromatic heterocycles. The van der Waals surface area contributed by atoms with E-state index in [4.69, 9.17) is 10.2 Å². The van der Waals surface area contributed by atoms with Crippen molar-refractivity contribution in [3.63, 3.8) is 0 Å². The number of aliphatic carboxylic acids is 2. The Kier molecular flexibility index (Phi) is 2.51. The van der Waals surface area contributed by atoms with E-state index < -0.39 is 17.9 Å². The Morgan fingerprint density at radius 3 is 2.54 bits per heavy atom. The molecule has 0 aromatic carbocycles. The van der Waals surface area contributed by atoms with Crippen molar-refractivity contribution >= 4 is 11.9 Å². The van der Waals surface area contributed by atoms with Crippen molar-refractivity contribution in [3.8, 4) is 0 Å². The highest BCUT2D eigenvalue weighted by Gasteiger charge is 2.23. The molecule has 1 atom stereocenters. The van der Waals surface area contributed by atoms with E-state index in [1.54, 1.807) is 13.0 Å². The third-order valence-corrected chi connectivity index (χ3v) is 2.05. The van der Waals surface area contributed by atoms with Crippen LogP contribution < -0.4 is 0 Å². The number of hydrogen-bond acceptors (Lipinski definition) is 2. The molecule has 0 aromatic rings. The number of rotatable bonds is 2. The second-order valence-corrected chi connectivity index (χ2v) is 2.97. The standard InChI is InChI=1S/C9H10O4/c1-5-2-3-6(8(10)11)4-7(5)9(12)13/h2-3,6H,4H2,1H3,(H,10,11)(H,12,13). The summed E-state index contributed by atoms with van der Waals surface area (Å²) in [4.78, 5) is 21.2. The minimum atomic E-state index is -1.03. The predicted molar refractivity (Wildman–Crippen MR) is 45.2 cm³/mol. The molecule has 13 heavy (non-hydrogen) atoms. The largest absolute Gasteiger partial charge is 0.481 e. The van der Waals surface area contributed by atoms with Gasteiger partial charge in [0, 0.05) is 5.57 Å². The molecule has 0 saturated heterocycles. The van der Waals surface area contributed by atoms with Crippen molar-refractivity contribution < 1.29 is 19.8 Å². The van der Waals surface area contributed by atoms with Crippen LogP contribution in [0.1, 0.15) is 13.3 Å². The van der Waals surface area contributed by atoms with Gasteiger partial charge in [-0.15, -0.1) is 0 Å². The average molecular weight is 182 g/mol. The SMILES string of the molecule is CC1=C(C(=O)O)CC(C(=O)O)C=C1. The minimum absolute atomic E-state index is 0.0764. The maximum Gasteiger partial charge on any atom is 0.331 e. The molecule has 1 aliphatic carbocycles. The fraction of sp³-hybridized carbons (Fsp3) is 0.333. The summed E-state index contributed by atoms with van der Waals surface area (Å²) in [7, 11) is 0. The van der Waals surface area contributed by atoms with Crippen molar-refractivity contribution in [2.75, 3.05) is 0 Å². The van der Waals surface area contributed by atoms with Crippen molar-refractivity contribution in [2.45, 2.75) is 13.3 Å². The topological polar surface area (TPSA) is 74.6 Å². The lowest BCUT2D eigenvalue weighted by atomic mass is 9.90. The van der Waals surface area contributed by atoms with Crippen LogP contribution >= 0.6 is 0 Å². The highest BCUT2D eigenvalue weighted by molar-refractivity contribution is 5.90. The quantitative estimate of drug-likeness (QED) is 0.669. The molecule has 0 spiro atoms. The number of carboxylic acids is 2. The fourth-order valence-corrected chi connectivity index (χ4v) is 1.24. The van der Waals surface area contributed by atoms with Crippen LogP contribution in [0.15, 0.2) is 23.3 Å². The molecule has 0 amide bonds. The monoisotopic (exact) mass is 182 g/mol. The first-order chi connectivity index (χ1) is 6.02. The maximum atomic E-state index is 10.6. The van der Waals surface area contributed by atoms with Crippen LogP contribution in [0, 0.1) is 5.92 Å². The van der Waals surface area contributed by atoms with Gasteiger partial charge in [0.15, 0.2) is 0 Å². The number of allylic oxidation sites excluding steroid dienone is 2. The van der Waals surface area contributed by atoms with Crippen LogP contribution in [0.3, 0.4) is 0 Å². The summed E-state index contributed by atoms with van der Waals surface area (Å²) in [5.74, 6) is -2.72. The van der Waals surface area contributed by atoms with E-state index in [1.165, 1.54) is 6.08 Å². The lowest BCUT2D eigenvalue weighted by Gasteiger charge is -2.14. The van der Waals surface area contributed by atoms with Gasteiger partial charge >= 0.3 is 11.9 Å². The van der Waals surface area contributed by atoms with Gasteiger partial charge < -0.3 is 10.2 Å². The first-order valence-electron chi connectivity index (χ1n) is 3.86. The second-order valence-electron chi connectivity index (χ2n) is 2.97. The third-order valence-electron chi connectivity index (χ3n) is 2.05. The van der Waals surface area contributed by atoms with E-state index in [9.17, 15) is 9.59 Å². The van der Waals surface area contributed by atoms with Crippen molar-refractivity contribution in [1.29, 1.82) is 0 Å². The smallest absolute Gasteiger partial charge is 0.331 e. The Morgan fingerprint density at radius 2 is 2.08 bits per heavy atom. The molecular formula is C9H10O4. The lowest BCUT2D eigenvalue weighted by molar-refractivity contribution is -0.140. The van der Waals surface area contributed by atoms with E-state index in [1.807, 2.05) is 0 Å². The summed E-state index contributed by atoms with van der Waals surface area (Å²) in [5.41, 5.74) is 0.819. The Morgan fingerprint density at radius 1 is 1.46 bits per heavy atom. The Labute approximate surface area is 75.2 Å². The molecule has 2 N–H and O–H groups in total. The number of carboxylic acid groups (broad SMARTS) is 2. The van der Waals surface area contributed by atoms with Gasteiger partial charge in [-0.2, -0.15) is 0 Å². The van der Waals surface area contributed by atoms with E-state index in [0.717, 1.165) is 0 Å². The van der Waals surface area contributed by atoms with Crippen LogP contribution in [-0.2, 0) is 9.59 Å². The van der Waals surface area contributed by atoms with Gasteiger partial charge in [-0.1, -0.05) is 12.2 Å². The van der Waals surface area contributed by atoms with Crippen LogP contribution in [0.25, 0.3) is 0 Å². The molecule has 0 fully saturated rings. The molecule has 4 nitrogen and oxygen atoms in total. The van der Waals surface area contributed by atoms with E-state index >= 15 is 0 Å². The minimum Gasteiger partial charge on any atom is -0.481 e. The zero-order chi connectivity index (χ0) is 10.0. The zero-order valence-electron chi connectivity index (χ0n) is 7.15. The molecule has 0 saturated carbocycles. The van der Waals surface area contributed by atoms with Gasteiger partial charge in [0.25, 0.3) is 0 Å². The average Bonchev–Trinajstić information content (AvgIpc) is 2.04. The third kappa shape index (κ3) is 1.96. The van der Waals surface area contributed by atoms with Gasteiger partial charge in [0.1, 0.15) is 0 Å². The number of carbonyl (C=O) groups is 2. The second kappa shape index (κ2) is 3.43. The van der Waals surface area contributed by atoms with E-state index in [2.05, 4.69) is 0 Å². The maximum absolute atomic E-state index is 10.6. The summed E-state index contributed by atoms with van der Waals surface area (Å²) < 4.78 is 0. The normalized spacial score (nSPS) is 21.8. The highest BCUT2D eigenvalue weighted by atomic mass is 16.4. The van der Waals surface area contributed by atoms with Gasteiger partial charge in [0.05, 0.1) is 5.92 Å². The summed E-state index contributed by atoms with van der Waals surface area (Å²) in [6, 6.07) is 0. The van der Waals surface area contributed by atoms with Gasteiger partial charge in [-0.3, -0.25) is 4.79 Å². The first kappa shape index (κ1) is 9.51. The Hall–Kier alpha value is -1.58. The molecule has 1 unspecified atom stereocenters. The molecular weight excluding hydrogens is 172 g/mol. The zero-order valence-corrected chi connectivity index (χ0v) is 7.15. The summed E-state index contributed by atoms with van der Waals surface area (Å²) in [6.45, 7) is 1.66. The van der Waals surface area contributed by atoms with Crippen LogP contribution in [-0.4, -0.2) is 22.2 Å². The van der Waals surface area contributed by atoms with Gasteiger partial charge in [-0.25, -0.2) is 4.79 Å².